The van der Waals surface area contributed by atoms with Crippen LogP contribution in [0.3, 0.4) is 0 Å². The molecular formula is C24H28Cl2N3Ti. The van der Waals surface area contributed by atoms with Gasteiger partial charge in [0, 0.05) is 11.4 Å². The standard InChI is InChI=1S/C19H23N3.C5H5.2ClH.Ti/c1-13-7-5-8-14(2)18(13)21-11-17(20)22(12-21)19-15(3)9-6-10-16(19)4;1-2-4-5-3-1;;;/h5-10,20H,11-12H2,1-4H3;1-5H;2*1H;/q;-1;;;+3/p-2. The summed E-state index contributed by atoms with van der Waals surface area (Å²) in [4.78, 5) is 4.44. The van der Waals surface area contributed by atoms with Crippen molar-refractivity contribution in [3.63, 3.8) is 0 Å². The molecule has 0 aliphatic carbocycles. The second-order valence-electron chi connectivity index (χ2n) is 7.16. The second-order valence-corrected chi connectivity index (χ2v) is 7.16. The Hall–Kier alpha value is -1.65. The summed E-state index contributed by atoms with van der Waals surface area (Å²) in [5, 5.41) is 8.44. The Labute approximate surface area is 208 Å². The fraction of sp³-hybridized carbons (Fsp3) is 0.250. The van der Waals surface area contributed by atoms with E-state index in [9.17, 15) is 0 Å². The van der Waals surface area contributed by atoms with Gasteiger partial charge in [-0.3, -0.25) is 5.41 Å². The molecule has 0 spiro atoms. The van der Waals surface area contributed by atoms with Crippen molar-refractivity contribution >= 4 is 17.2 Å². The molecule has 1 radical (unpaired) electrons. The molecule has 1 heterocycles. The van der Waals surface area contributed by atoms with Gasteiger partial charge in [0.25, 0.3) is 0 Å². The Morgan fingerprint density at radius 1 is 0.733 bits per heavy atom. The molecular weight excluding hydrogens is 449 g/mol. The van der Waals surface area contributed by atoms with Gasteiger partial charge >= 0.3 is 21.7 Å². The largest absolute Gasteiger partial charge is 3.00 e. The monoisotopic (exact) mass is 476 g/mol. The van der Waals surface area contributed by atoms with Gasteiger partial charge in [0.15, 0.2) is 0 Å². The number of amidine groups is 1. The molecule has 3 nitrogen and oxygen atoms in total. The van der Waals surface area contributed by atoms with E-state index in [1.165, 1.54) is 33.6 Å². The minimum atomic E-state index is 0. The van der Waals surface area contributed by atoms with Crippen LogP contribution < -0.4 is 34.6 Å². The van der Waals surface area contributed by atoms with E-state index in [0.717, 1.165) is 6.67 Å². The van der Waals surface area contributed by atoms with Gasteiger partial charge in [-0.1, -0.05) is 36.4 Å². The van der Waals surface area contributed by atoms with Gasteiger partial charge < -0.3 is 34.6 Å². The first-order valence-corrected chi connectivity index (χ1v) is 9.38. The van der Waals surface area contributed by atoms with Crippen LogP contribution >= 0.6 is 0 Å². The average molecular weight is 477 g/mol. The van der Waals surface area contributed by atoms with Gasteiger partial charge in [-0.05, 0) is 49.9 Å². The van der Waals surface area contributed by atoms with Crippen LogP contribution in [0.1, 0.15) is 22.3 Å². The summed E-state index contributed by atoms with van der Waals surface area (Å²) >= 11 is 0. The fourth-order valence-electron chi connectivity index (χ4n) is 3.78. The third-order valence-corrected chi connectivity index (χ3v) is 5.00. The number of rotatable bonds is 2. The van der Waals surface area contributed by atoms with Crippen LogP contribution in [0.15, 0.2) is 66.7 Å². The molecule has 0 bridgehead atoms. The Balaban J connectivity index is 0.000000928. The topological polar surface area (TPSA) is 30.3 Å². The number of benzene rings is 2. The van der Waals surface area contributed by atoms with E-state index in [0.29, 0.717) is 12.4 Å². The third-order valence-electron chi connectivity index (χ3n) is 5.00. The summed E-state index contributed by atoms with van der Waals surface area (Å²) in [5.74, 6) is 0.667. The Bertz CT molecular complexity index is 868. The number of halogens is 2. The van der Waals surface area contributed by atoms with E-state index in [1.54, 1.807) is 0 Å². The van der Waals surface area contributed by atoms with Crippen molar-refractivity contribution in [2.75, 3.05) is 23.0 Å². The molecule has 1 N–H and O–H groups in total. The van der Waals surface area contributed by atoms with Crippen LogP contribution in [-0.2, 0) is 21.7 Å². The van der Waals surface area contributed by atoms with E-state index < -0.39 is 0 Å². The number of aryl methyl sites for hydroxylation is 4. The van der Waals surface area contributed by atoms with Crippen molar-refractivity contribution < 1.29 is 46.5 Å². The number of hydrogen-bond donors (Lipinski definition) is 1. The predicted molar refractivity (Wildman–Crippen MR) is 116 cm³/mol. The number of para-hydroxylation sites is 2. The van der Waals surface area contributed by atoms with Gasteiger partial charge in [0.1, 0.15) is 5.84 Å². The smallest absolute Gasteiger partial charge is 1.00 e. The van der Waals surface area contributed by atoms with Crippen molar-refractivity contribution in [1.29, 1.82) is 5.41 Å². The third kappa shape index (κ3) is 6.42. The Morgan fingerprint density at radius 3 is 1.57 bits per heavy atom. The molecule has 1 fully saturated rings. The summed E-state index contributed by atoms with van der Waals surface area (Å²) in [6.07, 6.45) is 0. The van der Waals surface area contributed by atoms with Crippen LogP contribution in [0.5, 0.6) is 0 Å². The van der Waals surface area contributed by atoms with Crippen LogP contribution in [0, 0.1) is 33.1 Å². The van der Waals surface area contributed by atoms with Crippen molar-refractivity contribution in [2.45, 2.75) is 27.7 Å². The molecule has 0 aromatic heterocycles. The normalized spacial score (nSPS) is 12.2. The molecule has 1 aliphatic heterocycles. The minimum Gasteiger partial charge on any atom is -1.00 e. The summed E-state index contributed by atoms with van der Waals surface area (Å²) in [7, 11) is 0. The van der Waals surface area contributed by atoms with Crippen LogP contribution in [0.4, 0.5) is 11.4 Å². The van der Waals surface area contributed by atoms with Gasteiger partial charge in [-0.2, -0.15) is 18.2 Å². The van der Waals surface area contributed by atoms with E-state index in [4.69, 9.17) is 5.41 Å². The molecule has 157 valence electrons. The molecule has 30 heavy (non-hydrogen) atoms. The maximum absolute atomic E-state index is 8.44. The first-order valence-electron chi connectivity index (χ1n) is 9.38. The molecule has 0 unspecified atom stereocenters. The first kappa shape index (κ1) is 28.4. The summed E-state index contributed by atoms with van der Waals surface area (Å²) in [6.45, 7) is 9.95. The van der Waals surface area contributed by atoms with Crippen molar-refractivity contribution in [1.82, 2.24) is 0 Å². The minimum absolute atomic E-state index is 0. The second kappa shape index (κ2) is 12.9. The number of hydrogen-bond acceptors (Lipinski definition) is 2. The van der Waals surface area contributed by atoms with Crippen molar-refractivity contribution in [2.24, 2.45) is 0 Å². The SMILES string of the molecule is Cc1cccc(C)c1N1CC(=N)N(c2c(C)cccc2C)C1.[Cl-].[Cl-].[Ti+3].c1cc[cH-]c1. The fourth-order valence-corrected chi connectivity index (χ4v) is 3.78. The van der Waals surface area contributed by atoms with E-state index >= 15 is 0 Å². The number of anilines is 2. The molecule has 3 aromatic rings. The van der Waals surface area contributed by atoms with E-state index in [1.807, 2.05) is 30.3 Å². The molecule has 4 rings (SSSR count). The molecule has 0 atom stereocenters. The number of nitrogens with one attached hydrogen (secondary N) is 1. The van der Waals surface area contributed by atoms with Crippen LogP contribution in [0.25, 0.3) is 0 Å². The average Bonchev–Trinajstić information content (AvgIpc) is 3.29. The van der Waals surface area contributed by atoms with Crippen LogP contribution in [0.2, 0.25) is 0 Å². The maximum atomic E-state index is 8.44. The van der Waals surface area contributed by atoms with E-state index in [-0.39, 0.29) is 46.5 Å². The summed E-state index contributed by atoms with van der Waals surface area (Å²) in [6, 6.07) is 22.7. The Kier molecular flexibility index (Phi) is 12.2. The maximum Gasteiger partial charge on any atom is 3.00 e. The van der Waals surface area contributed by atoms with Crippen molar-refractivity contribution in [3.05, 3.63) is 89.0 Å². The Morgan fingerprint density at radius 2 is 1.17 bits per heavy atom. The molecule has 3 aromatic carbocycles. The van der Waals surface area contributed by atoms with E-state index in [2.05, 4.69) is 73.9 Å². The summed E-state index contributed by atoms with van der Waals surface area (Å²) in [5.41, 5.74) is 7.45. The quantitative estimate of drug-likeness (QED) is 0.402. The van der Waals surface area contributed by atoms with Gasteiger partial charge in [0.2, 0.25) is 0 Å². The summed E-state index contributed by atoms with van der Waals surface area (Å²) < 4.78 is 0. The molecule has 0 saturated carbocycles. The van der Waals surface area contributed by atoms with Gasteiger partial charge in [0.05, 0.1) is 13.2 Å². The van der Waals surface area contributed by atoms with Crippen molar-refractivity contribution in [3.8, 4) is 0 Å². The molecule has 6 heteroatoms. The molecule has 1 saturated heterocycles. The van der Waals surface area contributed by atoms with Crippen LogP contribution in [-0.4, -0.2) is 19.0 Å². The zero-order valence-corrected chi connectivity index (χ0v) is 21.0. The predicted octanol–water partition coefficient (Wildman–Crippen LogP) is -0.407. The molecule has 0 amide bonds. The van der Waals surface area contributed by atoms with Gasteiger partial charge in [-0.25, -0.2) is 12.1 Å². The molecule has 1 aliphatic rings. The zero-order chi connectivity index (χ0) is 19.4. The first-order chi connectivity index (χ1) is 13.0. The zero-order valence-electron chi connectivity index (χ0n) is 17.9. The van der Waals surface area contributed by atoms with Gasteiger partial charge in [-0.15, -0.1) is 0 Å². The number of nitrogens with zero attached hydrogens (tertiary/aromatic N) is 2.